The number of ether oxygens (including phenoxy) is 2. The molecule has 0 aromatic rings. The molecule has 0 aliphatic carbocycles. The lowest BCUT2D eigenvalue weighted by Crippen LogP contribution is -2.51. The molecule has 0 aromatic carbocycles. The van der Waals surface area contributed by atoms with Crippen molar-refractivity contribution in [2.45, 2.75) is 116 Å². The monoisotopic (exact) mass is 514 g/mol. The Morgan fingerprint density at radius 1 is 0.676 bits per heavy atom. The number of methoxy groups -OCH3 is 2. The zero-order valence-electron chi connectivity index (χ0n) is 23.7. The number of hydrogen-bond acceptors (Lipinski definition) is 6. The fourth-order valence-corrected chi connectivity index (χ4v) is 5.53. The highest BCUT2D eigenvalue weighted by atomic mass is 28.4. The maximum atomic E-state index is 11.5. The van der Waals surface area contributed by atoms with Crippen LogP contribution in [0.2, 0.25) is 36.3 Å². The van der Waals surface area contributed by atoms with Crippen molar-refractivity contribution in [1.29, 1.82) is 0 Å². The van der Waals surface area contributed by atoms with Crippen molar-refractivity contribution >= 4 is 28.6 Å². The van der Waals surface area contributed by atoms with Crippen molar-refractivity contribution < 1.29 is 27.9 Å². The molecular formula is C26H50O6Si2. The van der Waals surface area contributed by atoms with E-state index in [1.54, 1.807) is 0 Å². The molecule has 0 spiro atoms. The Labute approximate surface area is 210 Å². The summed E-state index contributed by atoms with van der Waals surface area (Å²) in [6.07, 6.45) is 9.21. The van der Waals surface area contributed by atoms with Crippen LogP contribution in [0.15, 0.2) is 24.3 Å². The number of carbonyl (C=O) groups is 2. The third kappa shape index (κ3) is 11.5. The lowest BCUT2D eigenvalue weighted by atomic mass is 10.0. The van der Waals surface area contributed by atoms with Crippen molar-refractivity contribution in [3.05, 3.63) is 24.3 Å². The second-order valence-electron chi connectivity index (χ2n) is 11.8. The van der Waals surface area contributed by atoms with E-state index in [2.05, 4.69) is 67.7 Å². The molecule has 0 saturated carbocycles. The van der Waals surface area contributed by atoms with Crippen molar-refractivity contribution in [2.75, 3.05) is 14.2 Å². The predicted molar refractivity (Wildman–Crippen MR) is 145 cm³/mol. The van der Waals surface area contributed by atoms with Gasteiger partial charge in [-0.1, -0.05) is 53.7 Å². The van der Waals surface area contributed by atoms with Gasteiger partial charge in [-0.15, -0.1) is 0 Å². The highest BCUT2D eigenvalue weighted by Gasteiger charge is 2.44. The molecule has 2 atom stereocenters. The molecule has 6 nitrogen and oxygen atoms in total. The van der Waals surface area contributed by atoms with Gasteiger partial charge in [0.25, 0.3) is 0 Å². The summed E-state index contributed by atoms with van der Waals surface area (Å²) in [6, 6.07) is 0. The zero-order chi connectivity index (χ0) is 26.8. The number of esters is 2. The van der Waals surface area contributed by atoms with E-state index in [0.29, 0.717) is 12.8 Å². The lowest BCUT2D eigenvalue weighted by Gasteiger charge is -2.45. The largest absolute Gasteiger partial charge is 0.466 e. The van der Waals surface area contributed by atoms with Crippen LogP contribution < -0.4 is 0 Å². The summed E-state index contributed by atoms with van der Waals surface area (Å²) in [5.41, 5.74) is 0. The highest BCUT2D eigenvalue weighted by Crippen LogP contribution is 2.41. The van der Waals surface area contributed by atoms with Crippen molar-refractivity contribution in [3.63, 3.8) is 0 Å². The quantitative estimate of drug-likeness (QED) is 0.153. The average molecular weight is 515 g/mol. The minimum Gasteiger partial charge on any atom is -0.466 e. The normalized spacial score (nSPS) is 15.5. The van der Waals surface area contributed by atoms with Gasteiger partial charge in [0.15, 0.2) is 16.6 Å². The van der Waals surface area contributed by atoms with Crippen LogP contribution in [-0.4, -0.2) is 55.0 Å². The van der Waals surface area contributed by atoms with Crippen LogP contribution >= 0.6 is 0 Å². The standard InChI is InChI=1S/C26H50O6Si2/c1-25(2,3)33(9,10)31-21(17-13-15-19-23(27)29-7)22(18-14-16-20-24(28)30-8)32-34(11,12)26(4,5)6/h15-16,19-22H,13-14,17-18H2,1-12H3/b19-15+,20-16+/t21-,22+. The van der Waals surface area contributed by atoms with Gasteiger partial charge in [0.1, 0.15) is 0 Å². The number of carbonyl (C=O) groups excluding carboxylic acids is 2. The Morgan fingerprint density at radius 2 is 0.971 bits per heavy atom. The molecule has 0 bridgehead atoms. The summed E-state index contributed by atoms with van der Waals surface area (Å²) in [4.78, 5) is 23.0. The first-order valence-corrected chi connectivity index (χ1v) is 18.0. The summed E-state index contributed by atoms with van der Waals surface area (Å²) in [7, 11) is -1.42. The molecule has 0 aliphatic rings. The van der Waals surface area contributed by atoms with Gasteiger partial charge in [-0.05, 0) is 61.9 Å². The summed E-state index contributed by atoms with van der Waals surface area (Å²) in [5, 5.41) is 0.110. The van der Waals surface area contributed by atoms with Crippen LogP contribution in [0.25, 0.3) is 0 Å². The number of rotatable bonds is 13. The minimum absolute atomic E-state index is 0.0550. The van der Waals surface area contributed by atoms with Gasteiger partial charge in [0, 0.05) is 12.2 Å². The van der Waals surface area contributed by atoms with E-state index in [9.17, 15) is 9.59 Å². The molecular weight excluding hydrogens is 464 g/mol. The van der Waals surface area contributed by atoms with Gasteiger partial charge >= 0.3 is 11.9 Å². The Kier molecular flexibility index (Phi) is 13.3. The topological polar surface area (TPSA) is 71.1 Å². The summed E-state index contributed by atoms with van der Waals surface area (Å²) in [5.74, 6) is -0.715. The van der Waals surface area contributed by atoms with Crippen LogP contribution in [0.3, 0.4) is 0 Å². The summed E-state index contributed by atoms with van der Waals surface area (Å²) in [6.45, 7) is 22.4. The van der Waals surface area contributed by atoms with Crippen LogP contribution in [0.1, 0.15) is 67.2 Å². The van der Waals surface area contributed by atoms with Crippen LogP contribution in [-0.2, 0) is 27.9 Å². The van der Waals surface area contributed by atoms with Crippen molar-refractivity contribution in [3.8, 4) is 0 Å². The third-order valence-corrected chi connectivity index (χ3v) is 16.1. The maximum absolute atomic E-state index is 11.5. The summed E-state index contributed by atoms with van der Waals surface area (Å²) < 4.78 is 23.3. The smallest absolute Gasteiger partial charge is 0.330 e. The maximum Gasteiger partial charge on any atom is 0.330 e. The molecule has 0 unspecified atom stereocenters. The molecule has 0 N–H and O–H groups in total. The fraction of sp³-hybridized carbons (Fsp3) is 0.769. The first kappa shape index (κ1) is 32.8. The summed E-state index contributed by atoms with van der Waals surface area (Å²) >= 11 is 0. The van der Waals surface area contributed by atoms with E-state index in [1.807, 2.05) is 12.2 Å². The highest BCUT2D eigenvalue weighted by molar-refractivity contribution is 6.74. The average Bonchev–Trinajstić information content (AvgIpc) is 2.70. The Hall–Kier alpha value is -1.23. The SMILES string of the molecule is COC(=O)/C=C/CC[C@H](O[Si](C)(C)C(C)(C)C)[C@@H](CC/C=C/C(=O)OC)O[Si](C)(C)C(C)(C)C. The van der Waals surface area contributed by atoms with E-state index in [-0.39, 0.29) is 34.2 Å². The predicted octanol–water partition coefficient (Wildman–Crippen LogP) is 6.79. The van der Waals surface area contributed by atoms with Crippen LogP contribution in [0.4, 0.5) is 0 Å². The molecule has 0 fully saturated rings. The molecule has 0 aromatic heterocycles. The van der Waals surface area contributed by atoms with Gasteiger partial charge in [-0.2, -0.15) is 0 Å². The van der Waals surface area contributed by atoms with E-state index in [4.69, 9.17) is 18.3 Å². The molecule has 198 valence electrons. The first-order chi connectivity index (χ1) is 15.4. The third-order valence-electron chi connectivity index (χ3n) is 7.06. The zero-order valence-corrected chi connectivity index (χ0v) is 25.7. The van der Waals surface area contributed by atoms with Crippen molar-refractivity contribution in [2.24, 2.45) is 0 Å². The molecule has 34 heavy (non-hydrogen) atoms. The van der Waals surface area contributed by atoms with E-state index in [0.717, 1.165) is 12.8 Å². The molecule has 0 amide bonds. The van der Waals surface area contributed by atoms with E-state index >= 15 is 0 Å². The first-order valence-electron chi connectivity index (χ1n) is 12.2. The molecule has 0 heterocycles. The Morgan fingerprint density at radius 3 is 1.21 bits per heavy atom. The second-order valence-corrected chi connectivity index (χ2v) is 21.4. The van der Waals surface area contributed by atoms with E-state index in [1.165, 1.54) is 26.4 Å². The van der Waals surface area contributed by atoms with Gasteiger partial charge < -0.3 is 18.3 Å². The van der Waals surface area contributed by atoms with Gasteiger partial charge in [-0.25, -0.2) is 9.59 Å². The number of hydrogen-bond donors (Lipinski definition) is 0. The van der Waals surface area contributed by atoms with Crippen molar-refractivity contribution in [1.82, 2.24) is 0 Å². The second kappa shape index (κ2) is 13.8. The minimum atomic E-state index is -2.08. The molecule has 0 saturated heterocycles. The lowest BCUT2D eigenvalue weighted by molar-refractivity contribution is -0.135. The van der Waals surface area contributed by atoms with Gasteiger partial charge in [0.05, 0.1) is 26.4 Å². The van der Waals surface area contributed by atoms with Gasteiger partial charge in [-0.3, -0.25) is 0 Å². The van der Waals surface area contributed by atoms with Crippen LogP contribution in [0.5, 0.6) is 0 Å². The molecule has 0 rings (SSSR count). The van der Waals surface area contributed by atoms with Crippen LogP contribution in [0, 0.1) is 0 Å². The number of allylic oxidation sites excluding steroid dienone is 2. The molecule has 0 aliphatic heterocycles. The molecule has 0 radical (unpaired) electrons. The Bertz CT molecular complexity index is 639. The van der Waals surface area contributed by atoms with Gasteiger partial charge in [0.2, 0.25) is 0 Å². The Balaban J connectivity index is 5.98. The molecule has 8 heteroatoms. The van der Waals surface area contributed by atoms with E-state index < -0.39 is 16.6 Å². The fourth-order valence-electron chi connectivity index (χ4n) is 2.77.